The molecule has 0 unspecified atom stereocenters. The molecule has 0 saturated carbocycles. The Morgan fingerprint density at radius 1 is 1.33 bits per heavy atom. The number of unbranched alkanes of at least 4 members (excludes halogenated alkanes) is 1. The van der Waals surface area contributed by atoms with Crippen LogP contribution in [0.25, 0.3) is 0 Å². The van der Waals surface area contributed by atoms with Crippen molar-refractivity contribution in [1.82, 2.24) is 4.90 Å². The fourth-order valence-corrected chi connectivity index (χ4v) is 1.42. The van der Waals surface area contributed by atoms with Crippen LogP contribution in [0.4, 0.5) is 0 Å². The van der Waals surface area contributed by atoms with Gasteiger partial charge in [0.05, 0.1) is 13.2 Å². The van der Waals surface area contributed by atoms with Crippen LogP contribution in [-0.4, -0.2) is 48.7 Å². The third-order valence-electron chi connectivity index (χ3n) is 2.11. The second-order valence-corrected chi connectivity index (χ2v) is 4.75. The highest BCUT2D eigenvalue weighted by molar-refractivity contribution is 6.53. The molecule has 6 heteroatoms. The van der Waals surface area contributed by atoms with E-state index in [0.717, 1.165) is 19.4 Å². The molecule has 106 valence electrons. The predicted molar refractivity (Wildman–Crippen MR) is 74.0 cm³/mol. The molecular formula is C12H21Cl2NO3. The summed E-state index contributed by atoms with van der Waals surface area (Å²) in [4.78, 5) is 11.9. The van der Waals surface area contributed by atoms with Gasteiger partial charge in [0, 0.05) is 13.2 Å². The van der Waals surface area contributed by atoms with Crippen molar-refractivity contribution in [3.63, 3.8) is 0 Å². The lowest BCUT2D eigenvalue weighted by Gasteiger charge is -2.21. The highest BCUT2D eigenvalue weighted by Gasteiger charge is 2.18. The number of amides is 1. The molecule has 0 bridgehead atoms. The van der Waals surface area contributed by atoms with Gasteiger partial charge in [0.2, 0.25) is 0 Å². The van der Waals surface area contributed by atoms with Crippen LogP contribution in [0.3, 0.4) is 0 Å². The third-order valence-corrected chi connectivity index (χ3v) is 2.48. The maximum absolute atomic E-state index is 11.5. The van der Waals surface area contributed by atoms with Gasteiger partial charge in [-0.25, -0.2) is 0 Å². The number of carbonyl (C=O) groups excluding carboxylic acids is 1. The molecule has 0 aliphatic rings. The SMILES string of the molecule is C=CCN(COCCOCCCC)C(=O)C(Cl)Cl. The van der Waals surface area contributed by atoms with E-state index >= 15 is 0 Å². The normalized spacial score (nSPS) is 10.7. The van der Waals surface area contributed by atoms with Crippen molar-refractivity contribution in [1.29, 1.82) is 0 Å². The van der Waals surface area contributed by atoms with Crippen molar-refractivity contribution in [2.24, 2.45) is 0 Å². The number of ether oxygens (including phenoxy) is 2. The number of hydrogen-bond acceptors (Lipinski definition) is 3. The predicted octanol–water partition coefficient (Wildman–Crippen LogP) is 2.60. The summed E-state index contributed by atoms with van der Waals surface area (Å²) in [5.41, 5.74) is 0. The molecule has 0 rings (SSSR count). The largest absolute Gasteiger partial charge is 0.379 e. The minimum Gasteiger partial charge on any atom is -0.379 e. The number of rotatable bonds is 11. The van der Waals surface area contributed by atoms with E-state index in [4.69, 9.17) is 32.7 Å². The van der Waals surface area contributed by atoms with Crippen LogP contribution in [0.2, 0.25) is 0 Å². The molecule has 0 fully saturated rings. The molecule has 0 aromatic heterocycles. The van der Waals surface area contributed by atoms with Crippen LogP contribution < -0.4 is 0 Å². The zero-order valence-electron chi connectivity index (χ0n) is 10.7. The van der Waals surface area contributed by atoms with Crippen LogP contribution in [0, 0.1) is 0 Å². The van der Waals surface area contributed by atoms with Crippen molar-refractivity contribution < 1.29 is 14.3 Å². The number of carbonyl (C=O) groups is 1. The molecule has 4 nitrogen and oxygen atoms in total. The van der Waals surface area contributed by atoms with Gasteiger partial charge in [-0.1, -0.05) is 42.6 Å². The monoisotopic (exact) mass is 297 g/mol. The van der Waals surface area contributed by atoms with Crippen LogP contribution >= 0.6 is 23.2 Å². The second-order valence-electron chi connectivity index (χ2n) is 3.65. The Morgan fingerprint density at radius 3 is 2.56 bits per heavy atom. The molecule has 18 heavy (non-hydrogen) atoms. The molecule has 0 aromatic rings. The van der Waals surface area contributed by atoms with Gasteiger partial charge in [-0.3, -0.25) is 4.79 Å². The summed E-state index contributed by atoms with van der Waals surface area (Å²) < 4.78 is 10.6. The van der Waals surface area contributed by atoms with Crippen molar-refractivity contribution in [3.05, 3.63) is 12.7 Å². The standard InChI is InChI=1S/C12H21Cl2NO3/c1-3-5-7-17-8-9-18-10-15(6-4-2)12(16)11(13)14/h4,11H,2-3,5-10H2,1H3. The summed E-state index contributed by atoms with van der Waals surface area (Å²) in [6.07, 6.45) is 3.74. The summed E-state index contributed by atoms with van der Waals surface area (Å²) >= 11 is 11.0. The van der Waals surface area contributed by atoms with Gasteiger partial charge in [0.1, 0.15) is 6.73 Å². The molecule has 0 N–H and O–H groups in total. The van der Waals surface area contributed by atoms with Crippen LogP contribution in [0.5, 0.6) is 0 Å². The first kappa shape index (κ1) is 17.7. The van der Waals surface area contributed by atoms with Gasteiger partial charge in [-0.2, -0.15) is 0 Å². The summed E-state index contributed by atoms with van der Waals surface area (Å²) in [6, 6.07) is 0. The molecule has 0 heterocycles. The summed E-state index contributed by atoms with van der Waals surface area (Å²) in [5, 5.41) is 0. The summed E-state index contributed by atoms with van der Waals surface area (Å²) in [5.74, 6) is -0.384. The van der Waals surface area contributed by atoms with Gasteiger partial charge in [-0.05, 0) is 6.42 Å². The number of alkyl halides is 2. The lowest BCUT2D eigenvalue weighted by atomic mass is 10.4. The second kappa shape index (κ2) is 11.8. The topological polar surface area (TPSA) is 38.8 Å². The Bertz CT molecular complexity index is 237. The summed E-state index contributed by atoms with van der Waals surface area (Å²) in [6.45, 7) is 7.84. The molecular weight excluding hydrogens is 277 g/mol. The Morgan fingerprint density at radius 2 is 2.00 bits per heavy atom. The first-order valence-corrected chi connectivity index (χ1v) is 6.84. The van der Waals surface area contributed by atoms with Crippen LogP contribution in [-0.2, 0) is 14.3 Å². The van der Waals surface area contributed by atoms with Crippen molar-refractivity contribution in [2.75, 3.05) is 33.1 Å². The lowest BCUT2D eigenvalue weighted by molar-refractivity contribution is -0.134. The van der Waals surface area contributed by atoms with E-state index in [9.17, 15) is 4.79 Å². The molecule has 0 saturated heterocycles. The van der Waals surface area contributed by atoms with Gasteiger partial charge in [0.25, 0.3) is 5.91 Å². The van der Waals surface area contributed by atoms with Crippen molar-refractivity contribution in [3.8, 4) is 0 Å². The average molecular weight is 298 g/mol. The minimum atomic E-state index is -1.07. The van der Waals surface area contributed by atoms with Crippen molar-refractivity contribution in [2.45, 2.75) is 24.6 Å². The van der Waals surface area contributed by atoms with E-state index in [0.29, 0.717) is 19.8 Å². The third kappa shape index (κ3) is 8.75. The van der Waals surface area contributed by atoms with Gasteiger partial charge in [-0.15, -0.1) is 6.58 Å². The van der Waals surface area contributed by atoms with E-state index in [2.05, 4.69) is 13.5 Å². The maximum Gasteiger partial charge on any atom is 0.257 e. The Kier molecular flexibility index (Phi) is 11.6. The number of nitrogens with zero attached hydrogens (tertiary/aromatic N) is 1. The van der Waals surface area contributed by atoms with Gasteiger partial charge in [0.15, 0.2) is 4.84 Å². The number of hydrogen-bond donors (Lipinski definition) is 0. The molecule has 0 radical (unpaired) electrons. The average Bonchev–Trinajstić information content (AvgIpc) is 2.35. The number of halogens is 2. The first-order chi connectivity index (χ1) is 8.63. The Hall–Kier alpha value is -0.290. The van der Waals surface area contributed by atoms with E-state index < -0.39 is 4.84 Å². The van der Waals surface area contributed by atoms with E-state index in [1.54, 1.807) is 6.08 Å². The zero-order valence-corrected chi connectivity index (χ0v) is 12.3. The molecule has 1 amide bonds. The minimum absolute atomic E-state index is 0.137. The summed E-state index contributed by atoms with van der Waals surface area (Å²) in [7, 11) is 0. The Balaban J connectivity index is 3.70. The molecule has 0 aromatic carbocycles. The highest BCUT2D eigenvalue weighted by Crippen LogP contribution is 2.07. The fraction of sp³-hybridized carbons (Fsp3) is 0.750. The van der Waals surface area contributed by atoms with Gasteiger partial charge < -0.3 is 14.4 Å². The maximum atomic E-state index is 11.5. The van der Waals surface area contributed by atoms with E-state index in [-0.39, 0.29) is 12.6 Å². The van der Waals surface area contributed by atoms with E-state index in [1.165, 1.54) is 4.90 Å². The Labute approximate surface area is 119 Å². The lowest BCUT2D eigenvalue weighted by Crippen LogP contribution is -2.37. The smallest absolute Gasteiger partial charge is 0.257 e. The highest BCUT2D eigenvalue weighted by atomic mass is 35.5. The van der Waals surface area contributed by atoms with Crippen LogP contribution in [0.1, 0.15) is 19.8 Å². The quantitative estimate of drug-likeness (QED) is 0.255. The molecule has 0 atom stereocenters. The molecule has 0 aliphatic heterocycles. The van der Waals surface area contributed by atoms with Crippen LogP contribution in [0.15, 0.2) is 12.7 Å². The molecule has 0 spiro atoms. The zero-order chi connectivity index (χ0) is 13.8. The fourth-order valence-electron chi connectivity index (χ4n) is 1.14. The van der Waals surface area contributed by atoms with Gasteiger partial charge >= 0.3 is 0 Å². The van der Waals surface area contributed by atoms with Crippen molar-refractivity contribution >= 4 is 29.1 Å². The first-order valence-electron chi connectivity index (χ1n) is 5.96. The molecule has 0 aliphatic carbocycles. The van der Waals surface area contributed by atoms with E-state index in [1.807, 2.05) is 0 Å².